The molecule has 0 aromatic rings. The zero-order chi connectivity index (χ0) is 20.6. The molecule has 0 aromatic carbocycles. The summed E-state index contributed by atoms with van der Waals surface area (Å²) < 4.78 is 0. The SMILES string of the molecule is CC1=CC=C(C)C(CCC[Si]2(C3CCC4C(C)=CC=C(C)C43)CCCCC2)C1C. The van der Waals surface area contributed by atoms with E-state index in [9.17, 15) is 0 Å². The predicted molar refractivity (Wildman–Crippen MR) is 131 cm³/mol. The van der Waals surface area contributed by atoms with E-state index in [2.05, 4.69) is 58.9 Å². The van der Waals surface area contributed by atoms with Crippen molar-refractivity contribution in [2.45, 2.75) is 103 Å². The molecule has 0 radical (unpaired) electrons. The lowest BCUT2D eigenvalue weighted by Crippen LogP contribution is -2.44. The molecule has 1 aliphatic heterocycles. The Labute approximate surface area is 181 Å². The van der Waals surface area contributed by atoms with Crippen molar-refractivity contribution in [3.63, 3.8) is 0 Å². The monoisotopic (exact) mass is 408 g/mol. The Morgan fingerprint density at radius 3 is 2.21 bits per heavy atom. The first-order chi connectivity index (χ1) is 13.9. The van der Waals surface area contributed by atoms with E-state index in [-0.39, 0.29) is 0 Å². The molecule has 0 aromatic heterocycles. The molecule has 0 nitrogen and oxygen atoms in total. The number of rotatable bonds is 5. The molecule has 29 heavy (non-hydrogen) atoms. The molecule has 160 valence electrons. The van der Waals surface area contributed by atoms with Crippen molar-refractivity contribution in [3.8, 4) is 0 Å². The minimum atomic E-state index is -1.18. The van der Waals surface area contributed by atoms with Crippen molar-refractivity contribution in [1.29, 1.82) is 0 Å². The van der Waals surface area contributed by atoms with Gasteiger partial charge in [0, 0.05) is 0 Å². The summed E-state index contributed by atoms with van der Waals surface area (Å²) in [4.78, 5) is 0. The van der Waals surface area contributed by atoms with Crippen LogP contribution in [0.25, 0.3) is 0 Å². The van der Waals surface area contributed by atoms with Crippen molar-refractivity contribution in [2.24, 2.45) is 23.7 Å². The zero-order valence-electron chi connectivity index (χ0n) is 19.8. The fraction of sp³-hybridized carbons (Fsp3) is 0.714. The molecule has 5 atom stereocenters. The number of hydrogen-bond donors (Lipinski definition) is 0. The van der Waals surface area contributed by atoms with Gasteiger partial charge in [0.25, 0.3) is 0 Å². The molecule has 1 saturated heterocycles. The third-order valence-electron chi connectivity index (χ3n) is 9.72. The van der Waals surface area contributed by atoms with Crippen LogP contribution in [-0.4, -0.2) is 8.07 Å². The molecule has 0 spiro atoms. The van der Waals surface area contributed by atoms with Crippen LogP contribution < -0.4 is 0 Å². The van der Waals surface area contributed by atoms with E-state index in [1.807, 2.05) is 0 Å². The van der Waals surface area contributed by atoms with Gasteiger partial charge in [0.05, 0.1) is 8.07 Å². The maximum Gasteiger partial charge on any atom is 0.0573 e. The van der Waals surface area contributed by atoms with Crippen molar-refractivity contribution in [1.82, 2.24) is 0 Å². The molecule has 4 rings (SSSR count). The lowest BCUT2D eigenvalue weighted by molar-refractivity contribution is 0.420. The van der Waals surface area contributed by atoms with E-state index in [1.165, 1.54) is 38.5 Å². The normalized spacial score (nSPS) is 36.7. The van der Waals surface area contributed by atoms with Crippen LogP contribution in [0, 0.1) is 23.7 Å². The average molecular weight is 409 g/mol. The van der Waals surface area contributed by atoms with Gasteiger partial charge in [-0.3, -0.25) is 0 Å². The Morgan fingerprint density at radius 1 is 0.793 bits per heavy atom. The highest BCUT2D eigenvalue weighted by atomic mass is 28.3. The van der Waals surface area contributed by atoms with Crippen LogP contribution in [0.3, 0.4) is 0 Å². The minimum Gasteiger partial charge on any atom is -0.0699 e. The third-order valence-corrected chi connectivity index (χ3v) is 16.0. The van der Waals surface area contributed by atoms with Crippen molar-refractivity contribution >= 4 is 8.07 Å². The second-order valence-electron chi connectivity index (χ2n) is 11.2. The quantitative estimate of drug-likeness (QED) is 0.398. The second kappa shape index (κ2) is 8.73. The Hall–Kier alpha value is -0.823. The fourth-order valence-corrected chi connectivity index (χ4v) is 14.5. The standard InChI is InChI=1S/C28H44Si/c1-20-11-12-21(2)25(24(20)5)10-9-19-29(17-7-6-8-18-29)27-16-15-26-22(3)13-14-23(4)28(26)27/h11-14,24-28H,6-10,15-19H2,1-5H3. The van der Waals surface area contributed by atoms with Gasteiger partial charge in [-0.1, -0.05) is 104 Å². The number of fused-ring (bicyclic) bond motifs is 1. The van der Waals surface area contributed by atoms with Gasteiger partial charge in [0.1, 0.15) is 0 Å². The molecule has 1 heteroatoms. The molecule has 1 heterocycles. The van der Waals surface area contributed by atoms with Gasteiger partial charge in [0.2, 0.25) is 0 Å². The first kappa shape index (κ1) is 21.4. The maximum atomic E-state index is 2.48. The molecule has 3 aliphatic carbocycles. The number of allylic oxidation sites excluding steroid dienone is 8. The van der Waals surface area contributed by atoms with E-state index in [1.54, 1.807) is 46.8 Å². The average Bonchev–Trinajstić information content (AvgIpc) is 3.18. The summed E-state index contributed by atoms with van der Waals surface area (Å²) >= 11 is 0. The smallest absolute Gasteiger partial charge is 0.0573 e. The molecule has 0 N–H and O–H groups in total. The Balaban J connectivity index is 1.48. The van der Waals surface area contributed by atoms with Gasteiger partial charge in [-0.2, -0.15) is 0 Å². The molecule has 1 saturated carbocycles. The van der Waals surface area contributed by atoms with Crippen molar-refractivity contribution < 1.29 is 0 Å². The van der Waals surface area contributed by atoms with Crippen LogP contribution in [0.1, 0.15) is 79.6 Å². The lowest BCUT2D eigenvalue weighted by atomic mass is 9.77. The molecular formula is C28H44Si. The summed E-state index contributed by atoms with van der Waals surface area (Å²) in [5, 5.41) is 0. The van der Waals surface area contributed by atoms with Gasteiger partial charge in [-0.15, -0.1) is 0 Å². The Morgan fingerprint density at radius 2 is 1.45 bits per heavy atom. The Kier molecular flexibility index (Phi) is 6.45. The molecular weight excluding hydrogens is 364 g/mol. The van der Waals surface area contributed by atoms with E-state index in [4.69, 9.17) is 0 Å². The van der Waals surface area contributed by atoms with E-state index in [0.717, 1.165) is 29.2 Å². The summed E-state index contributed by atoms with van der Waals surface area (Å²) in [6.07, 6.45) is 20.2. The lowest BCUT2D eigenvalue weighted by Gasteiger charge is -2.45. The van der Waals surface area contributed by atoms with Crippen LogP contribution in [0.5, 0.6) is 0 Å². The summed E-state index contributed by atoms with van der Waals surface area (Å²) in [6.45, 7) is 12.0. The fourth-order valence-electron chi connectivity index (χ4n) is 7.79. The first-order valence-corrected chi connectivity index (χ1v) is 15.3. The molecule has 2 fully saturated rings. The highest BCUT2D eigenvalue weighted by Gasteiger charge is 2.50. The van der Waals surface area contributed by atoms with Crippen LogP contribution >= 0.6 is 0 Å². The van der Waals surface area contributed by atoms with Gasteiger partial charge >= 0.3 is 0 Å². The third kappa shape index (κ3) is 4.06. The van der Waals surface area contributed by atoms with Crippen LogP contribution in [-0.2, 0) is 0 Å². The topological polar surface area (TPSA) is 0 Å². The van der Waals surface area contributed by atoms with E-state index in [0.29, 0.717) is 0 Å². The minimum absolute atomic E-state index is 0.746. The van der Waals surface area contributed by atoms with Crippen molar-refractivity contribution in [3.05, 3.63) is 46.6 Å². The van der Waals surface area contributed by atoms with Gasteiger partial charge in [0.15, 0.2) is 0 Å². The predicted octanol–water partition coefficient (Wildman–Crippen LogP) is 8.86. The molecule has 5 unspecified atom stereocenters. The van der Waals surface area contributed by atoms with Gasteiger partial charge < -0.3 is 0 Å². The van der Waals surface area contributed by atoms with Gasteiger partial charge in [-0.05, 0) is 69.7 Å². The largest absolute Gasteiger partial charge is 0.0699 e. The molecule has 0 amide bonds. The molecule has 0 bridgehead atoms. The van der Waals surface area contributed by atoms with Crippen molar-refractivity contribution in [2.75, 3.05) is 0 Å². The maximum absolute atomic E-state index is 2.48. The van der Waals surface area contributed by atoms with E-state index >= 15 is 0 Å². The summed E-state index contributed by atoms with van der Waals surface area (Å²) in [6, 6.07) is 4.91. The van der Waals surface area contributed by atoms with Crippen LogP contribution in [0.4, 0.5) is 0 Å². The second-order valence-corrected chi connectivity index (χ2v) is 16.1. The van der Waals surface area contributed by atoms with Gasteiger partial charge in [-0.25, -0.2) is 0 Å². The van der Waals surface area contributed by atoms with Crippen LogP contribution in [0.15, 0.2) is 46.6 Å². The van der Waals surface area contributed by atoms with Crippen LogP contribution in [0.2, 0.25) is 23.7 Å². The summed E-state index contributed by atoms with van der Waals surface area (Å²) in [5.41, 5.74) is 7.71. The Bertz CT molecular complexity index is 727. The highest BCUT2D eigenvalue weighted by molar-refractivity contribution is 6.81. The zero-order valence-corrected chi connectivity index (χ0v) is 20.8. The molecule has 4 aliphatic rings. The van der Waals surface area contributed by atoms with E-state index < -0.39 is 8.07 Å². The highest BCUT2D eigenvalue weighted by Crippen LogP contribution is 2.58. The summed E-state index contributed by atoms with van der Waals surface area (Å²) in [7, 11) is -1.18. The summed E-state index contributed by atoms with van der Waals surface area (Å²) in [5.74, 6) is 3.33. The number of hydrogen-bond acceptors (Lipinski definition) is 0. The first-order valence-electron chi connectivity index (χ1n) is 12.6.